The minimum absolute atomic E-state index is 0.211. The van der Waals surface area contributed by atoms with E-state index < -0.39 is 15.1 Å². The van der Waals surface area contributed by atoms with Crippen molar-refractivity contribution in [1.29, 1.82) is 0 Å². The highest BCUT2D eigenvalue weighted by Gasteiger charge is 2.37. The van der Waals surface area contributed by atoms with Gasteiger partial charge in [-0.05, 0) is 6.92 Å². The predicted octanol–water partition coefficient (Wildman–Crippen LogP) is 2.53. The molecule has 0 spiro atoms. The van der Waals surface area contributed by atoms with Crippen LogP contribution in [0, 0.1) is 0 Å². The molecule has 0 aliphatic carbocycles. The van der Waals surface area contributed by atoms with Crippen molar-refractivity contribution in [3.8, 4) is 0 Å². The maximum Gasteiger partial charge on any atom is 0.328 e. The molecule has 0 N–H and O–H groups in total. The molecule has 0 amide bonds. The van der Waals surface area contributed by atoms with E-state index in [4.69, 9.17) is 46.4 Å². The molecular weight excluding hydrogens is 234 g/mol. The maximum atomic E-state index is 10.8. The van der Waals surface area contributed by atoms with Crippen molar-refractivity contribution in [2.75, 3.05) is 6.61 Å². The summed E-state index contributed by atoms with van der Waals surface area (Å²) >= 11 is 21.4. The topological polar surface area (TPSA) is 26.3 Å². The second-order valence-electron chi connectivity index (χ2n) is 1.66. The first-order valence-corrected chi connectivity index (χ1v) is 4.34. The lowest BCUT2D eigenvalue weighted by Crippen LogP contribution is -2.30. The van der Waals surface area contributed by atoms with E-state index in [2.05, 4.69) is 4.74 Å². The van der Waals surface area contributed by atoms with E-state index in [0.717, 1.165) is 0 Å². The number of carbonyl (C=O) groups is 1. The Labute approximate surface area is 84.7 Å². The quantitative estimate of drug-likeness (QED) is 0.547. The van der Waals surface area contributed by atoms with E-state index in [1.807, 2.05) is 0 Å². The standard InChI is InChI=1S/C5H6Cl4O2/c1-2-11-4(10)3(6)5(7,8)9/h3H,2H2,1H3. The lowest BCUT2D eigenvalue weighted by Gasteiger charge is -2.15. The summed E-state index contributed by atoms with van der Waals surface area (Å²) in [4.78, 5) is 10.8. The van der Waals surface area contributed by atoms with E-state index in [1.165, 1.54) is 0 Å². The van der Waals surface area contributed by atoms with Gasteiger partial charge in [-0.2, -0.15) is 0 Å². The molecule has 6 heteroatoms. The molecule has 0 aromatic carbocycles. The highest BCUT2D eigenvalue weighted by atomic mass is 35.6. The molecule has 0 radical (unpaired) electrons. The van der Waals surface area contributed by atoms with E-state index in [9.17, 15) is 4.79 Å². The Bertz CT molecular complexity index is 142. The van der Waals surface area contributed by atoms with Gasteiger partial charge in [0.15, 0.2) is 5.38 Å². The van der Waals surface area contributed by atoms with Gasteiger partial charge in [-0.15, -0.1) is 11.6 Å². The third-order valence-electron chi connectivity index (χ3n) is 0.781. The van der Waals surface area contributed by atoms with Gasteiger partial charge in [0.05, 0.1) is 6.61 Å². The van der Waals surface area contributed by atoms with Crippen molar-refractivity contribution >= 4 is 52.4 Å². The summed E-state index contributed by atoms with van der Waals surface area (Å²) in [7, 11) is 0. The molecule has 0 rings (SSSR count). The molecule has 0 heterocycles. The van der Waals surface area contributed by atoms with Gasteiger partial charge in [-0.1, -0.05) is 34.8 Å². The van der Waals surface area contributed by atoms with Crippen molar-refractivity contribution in [3.05, 3.63) is 0 Å². The molecule has 0 saturated carbocycles. The van der Waals surface area contributed by atoms with Gasteiger partial charge in [0.1, 0.15) is 0 Å². The predicted molar refractivity (Wildman–Crippen MR) is 46.6 cm³/mol. The first kappa shape index (κ1) is 11.6. The average molecular weight is 240 g/mol. The molecule has 1 atom stereocenters. The van der Waals surface area contributed by atoms with Crippen molar-refractivity contribution in [2.24, 2.45) is 0 Å². The molecule has 0 bridgehead atoms. The summed E-state index contributed by atoms with van der Waals surface area (Å²) < 4.78 is 2.69. The van der Waals surface area contributed by atoms with Crippen LogP contribution in [0.5, 0.6) is 0 Å². The average Bonchev–Trinajstić information content (AvgIpc) is 1.85. The molecule has 1 unspecified atom stereocenters. The summed E-state index contributed by atoms with van der Waals surface area (Å²) in [5.41, 5.74) is 0. The highest BCUT2D eigenvalue weighted by Crippen LogP contribution is 2.34. The molecule has 0 aromatic heterocycles. The maximum absolute atomic E-state index is 10.8. The van der Waals surface area contributed by atoms with Crippen molar-refractivity contribution < 1.29 is 9.53 Å². The summed E-state index contributed by atoms with van der Waals surface area (Å²) in [6.45, 7) is 1.85. The Balaban J connectivity index is 4.03. The molecule has 0 fully saturated rings. The lowest BCUT2D eigenvalue weighted by molar-refractivity contribution is -0.142. The zero-order valence-electron chi connectivity index (χ0n) is 5.61. The fourth-order valence-corrected chi connectivity index (χ4v) is 0.679. The van der Waals surface area contributed by atoms with Gasteiger partial charge < -0.3 is 4.74 Å². The minimum atomic E-state index is -1.81. The zero-order valence-corrected chi connectivity index (χ0v) is 8.64. The first-order valence-electron chi connectivity index (χ1n) is 2.77. The summed E-state index contributed by atoms with van der Waals surface area (Å²) in [6.07, 6.45) is 0. The molecule has 0 aliphatic rings. The Morgan fingerprint density at radius 3 is 2.27 bits per heavy atom. The summed E-state index contributed by atoms with van der Waals surface area (Å²) in [5.74, 6) is -0.728. The van der Waals surface area contributed by atoms with Crippen molar-refractivity contribution in [1.82, 2.24) is 0 Å². The number of hydrogen-bond acceptors (Lipinski definition) is 2. The van der Waals surface area contributed by atoms with Crippen molar-refractivity contribution in [3.63, 3.8) is 0 Å². The van der Waals surface area contributed by atoms with Crippen LogP contribution in [-0.4, -0.2) is 21.7 Å². The van der Waals surface area contributed by atoms with Gasteiger partial charge in [0.2, 0.25) is 3.79 Å². The largest absolute Gasteiger partial charge is 0.465 e. The van der Waals surface area contributed by atoms with Crippen LogP contribution < -0.4 is 0 Å². The van der Waals surface area contributed by atoms with Crippen LogP contribution in [0.2, 0.25) is 0 Å². The number of alkyl halides is 4. The third-order valence-corrected chi connectivity index (χ3v) is 2.28. The minimum Gasteiger partial charge on any atom is -0.465 e. The number of halogens is 4. The van der Waals surface area contributed by atoms with E-state index in [1.54, 1.807) is 6.92 Å². The smallest absolute Gasteiger partial charge is 0.328 e. The first-order chi connectivity index (χ1) is 4.89. The fraction of sp³-hybridized carbons (Fsp3) is 0.800. The SMILES string of the molecule is CCOC(=O)C(Cl)C(Cl)(Cl)Cl. The van der Waals surface area contributed by atoms with Crippen LogP contribution in [0.1, 0.15) is 6.92 Å². The normalized spacial score (nSPS) is 14.3. The molecule has 11 heavy (non-hydrogen) atoms. The Morgan fingerprint density at radius 2 is 2.00 bits per heavy atom. The second-order valence-corrected chi connectivity index (χ2v) is 4.46. The Morgan fingerprint density at radius 1 is 1.55 bits per heavy atom. The monoisotopic (exact) mass is 238 g/mol. The van der Waals surface area contributed by atoms with E-state index in [-0.39, 0.29) is 6.61 Å². The molecule has 0 saturated heterocycles. The lowest BCUT2D eigenvalue weighted by atomic mass is 10.5. The van der Waals surface area contributed by atoms with Gasteiger partial charge in [-0.3, -0.25) is 4.79 Å². The van der Waals surface area contributed by atoms with E-state index in [0.29, 0.717) is 0 Å². The molecule has 66 valence electrons. The van der Waals surface area contributed by atoms with Gasteiger partial charge >= 0.3 is 5.97 Å². The molecule has 0 aromatic rings. The summed E-state index contributed by atoms with van der Waals surface area (Å²) in [6, 6.07) is 0. The Kier molecular flexibility index (Phi) is 4.87. The Hall–Kier alpha value is 0.630. The zero-order chi connectivity index (χ0) is 9.07. The number of carbonyl (C=O) groups excluding carboxylic acids is 1. The fourth-order valence-electron chi connectivity index (χ4n) is 0.349. The number of esters is 1. The number of ether oxygens (including phenoxy) is 1. The van der Waals surface area contributed by atoms with Crippen LogP contribution in [0.4, 0.5) is 0 Å². The van der Waals surface area contributed by atoms with Crippen LogP contribution in [0.3, 0.4) is 0 Å². The molecule has 2 nitrogen and oxygen atoms in total. The third kappa shape index (κ3) is 4.26. The second kappa shape index (κ2) is 4.61. The van der Waals surface area contributed by atoms with Crippen LogP contribution in [-0.2, 0) is 9.53 Å². The highest BCUT2D eigenvalue weighted by molar-refractivity contribution is 6.71. The van der Waals surface area contributed by atoms with E-state index >= 15 is 0 Å². The van der Waals surface area contributed by atoms with Crippen molar-refractivity contribution in [2.45, 2.75) is 16.1 Å². The number of hydrogen-bond donors (Lipinski definition) is 0. The number of rotatable bonds is 2. The van der Waals surface area contributed by atoms with Crippen LogP contribution >= 0.6 is 46.4 Å². The summed E-state index contributed by atoms with van der Waals surface area (Å²) in [5, 5.41) is -1.26. The van der Waals surface area contributed by atoms with Crippen LogP contribution in [0.15, 0.2) is 0 Å². The van der Waals surface area contributed by atoms with Gasteiger partial charge in [-0.25, -0.2) is 0 Å². The van der Waals surface area contributed by atoms with Crippen LogP contribution in [0.25, 0.3) is 0 Å². The molecular formula is C5H6Cl4O2. The molecule has 0 aliphatic heterocycles. The van der Waals surface area contributed by atoms with Gasteiger partial charge in [0.25, 0.3) is 0 Å². The van der Waals surface area contributed by atoms with Gasteiger partial charge in [0, 0.05) is 0 Å².